The lowest BCUT2D eigenvalue weighted by atomic mass is 10.1. The molecule has 1 aromatic heterocycles. The number of methoxy groups -OCH3 is 1. The number of aromatic nitrogens is 1. The Bertz CT molecular complexity index is 1170. The maximum atomic E-state index is 12.8. The lowest BCUT2D eigenvalue weighted by Gasteiger charge is -2.26. The third-order valence-electron chi connectivity index (χ3n) is 6.23. The van der Waals surface area contributed by atoms with E-state index in [0.29, 0.717) is 18.1 Å². The number of pyridine rings is 1. The number of carboxylic acid groups (broad SMARTS) is 1. The molecule has 0 amide bonds. The molecule has 158 valence electrons. The van der Waals surface area contributed by atoms with Crippen molar-refractivity contribution in [1.29, 1.82) is 0 Å². The van der Waals surface area contributed by atoms with Crippen LogP contribution in [0, 0.1) is 17.8 Å². The van der Waals surface area contributed by atoms with Crippen molar-refractivity contribution in [2.45, 2.75) is 19.3 Å². The van der Waals surface area contributed by atoms with Crippen molar-refractivity contribution in [3.05, 3.63) is 60.4 Å². The first kappa shape index (κ1) is 19.5. The number of benzene rings is 2. The number of fused-ring (bicyclic) bond motifs is 1. The fourth-order valence-corrected chi connectivity index (χ4v) is 4.12. The minimum absolute atomic E-state index is 0.213. The first-order valence-electron chi connectivity index (χ1n) is 10.6. The molecule has 1 heterocycles. The maximum absolute atomic E-state index is 12.8. The zero-order valence-corrected chi connectivity index (χ0v) is 17.3. The monoisotopic (exact) mass is 416 g/mol. The first-order valence-corrected chi connectivity index (χ1v) is 10.6. The molecule has 2 aliphatic rings. The molecule has 2 saturated carbocycles. The van der Waals surface area contributed by atoms with Crippen molar-refractivity contribution in [3.63, 3.8) is 0 Å². The van der Waals surface area contributed by atoms with Crippen molar-refractivity contribution in [2.24, 2.45) is 17.8 Å². The van der Waals surface area contributed by atoms with Gasteiger partial charge in [0.1, 0.15) is 11.4 Å². The molecular formula is C25H24N2O4. The molecule has 6 heteroatoms. The number of hydrogen-bond donors (Lipinski definition) is 1. The summed E-state index contributed by atoms with van der Waals surface area (Å²) in [6.45, 7) is 0.875. The van der Waals surface area contributed by atoms with E-state index in [1.54, 1.807) is 6.20 Å². The summed E-state index contributed by atoms with van der Waals surface area (Å²) >= 11 is 0. The van der Waals surface area contributed by atoms with Crippen LogP contribution in [0.3, 0.4) is 0 Å². The van der Waals surface area contributed by atoms with Gasteiger partial charge in [-0.2, -0.15) is 0 Å². The number of hydrogen-bond acceptors (Lipinski definition) is 5. The zero-order valence-electron chi connectivity index (χ0n) is 17.3. The van der Waals surface area contributed by atoms with E-state index in [1.165, 1.54) is 30.7 Å². The van der Waals surface area contributed by atoms with Gasteiger partial charge in [0.05, 0.1) is 24.9 Å². The molecular weight excluding hydrogens is 392 g/mol. The Morgan fingerprint density at radius 1 is 1.06 bits per heavy atom. The lowest BCUT2D eigenvalue weighted by molar-refractivity contribution is -0.138. The molecule has 31 heavy (non-hydrogen) atoms. The fourth-order valence-electron chi connectivity index (χ4n) is 4.12. The van der Waals surface area contributed by atoms with Crippen LogP contribution in [-0.4, -0.2) is 35.5 Å². The van der Waals surface area contributed by atoms with Gasteiger partial charge in [0, 0.05) is 24.2 Å². The third-order valence-corrected chi connectivity index (χ3v) is 6.23. The fraction of sp³-hybridized carbons (Fsp3) is 0.320. The van der Waals surface area contributed by atoms with E-state index in [4.69, 9.17) is 9.84 Å². The zero-order chi connectivity index (χ0) is 21.5. The van der Waals surface area contributed by atoms with Gasteiger partial charge in [0.25, 0.3) is 0 Å². The average Bonchev–Trinajstić information content (AvgIpc) is 3.70. The van der Waals surface area contributed by atoms with Crippen LogP contribution < -0.4 is 9.64 Å². The summed E-state index contributed by atoms with van der Waals surface area (Å²) in [5, 5.41) is 11.5. The van der Waals surface area contributed by atoms with Gasteiger partial charge in [-0.1, -0.05) is 30.3 Å². The van der Waals surface area contributed by atoms with Crippen LogP contribution in [0.2, 0.25) is 0 Å². The van der Waals surface area contributed by atoms with Crippen molar-refractivity contribution in [3.8, 4) is 5.75 Å². The molecule has 2 atom stereocenters. The number of carbonyl (C=O) groups excluding carboxylic acids is 1. The summed E-state index contributed by atoms with van der Waals surface area (Å²) in [5.41, 5.74) is 2.15. The molecule has 2 aromatic carbocycles. The normalized spacial score (nSPS) is 19.8. The largest absolute Gasteiger partial charge is 0.494 e. The molecule has 2 fully saturated rings. The minimum Gasteiger partial charge on any atom is -0.494 e. The highest BCUT2D eigenvalue weighted by molar-refractivity contribution is 6.03. The first-order chi connectivity index (χ1) is 15.0. The summed E-state index contributed by atoms with van der Waals surface area (Å²) < 4.78 is 5.50. The highest BCUT2D eigenvalue weighted by Crippen LogP contribution is 2.43. The standard InChI is InChI=1S/C25H24N2O4/c1-31-22-11-19(13-26-23(22)24(28)20-12-21(20)25(29)30)27(14-15-6-7-15)18-9-8-16-4-2-3-5-17(16)10-18/h2-5,8-11,13,15,20-21H,6-7,12,14H2,1H3,(H,29,30). The number of ether oxygens (including phenoxy) is 1. The molecule has 1 N–H and O–H groups in total. The topological polar surface area (TPSA) is 79.7 Å². The van der Waals surface area contributed by atoms with Gasteiger partial charge in [0.15, 0.2) is 5.78 Å². The van der Waals surface area contributed by atoms with E-state index >= 15 is 0 Å². The second-order valence-electron chi connectivity index (χ2n) is 8.48. The predicted molar refractivity (Wildman–Crippen MR) is 118 cm³/mol. The number of carboxylic acids is 1. The van der Waals surface area contributed by atoms with Gasteiger partial charge >= 0.3 is 5.97 Å². The molecule has 2 unspecified atom stereocenters. The van der Waals surface area contributed by atoms with Gasteiger partial charge in [-0.15, -0.1) is 0 Å². The summed E-state index contributed by atoms with van der Waals surface area (Å²) in [4.78, 5) is 30.6. The number of aliphatic carboxylic acids is 1. The number of rotatable bonds is 8. The number of carbonyl (C=O) groups is 2. The summed E-state index contributed by atoms with van der Waals surface area (Å²) in [7, 11) is 1.51. The van der Waals surface area contributed by atoms with E-state index < -0.39 is 17.8 Å². The summed E-state index contributed by atoms with van der Waals surface area (Å²) in [6.07, 6.45) is 4.49. The molecule has 0 spiro atoms. The number of ketones is 1. The number of nitrogens with zero attached hydrogens (tertiary/aromatic N) is 2. The van der Waals surface area contributed by atoms with Crippen molar-refractivity contribution >= 4 is 33.9 Å². The Balaban J connectivity index is 1.49. The van der Waals surface area contributed by atoms with Crippen LogP contribution in [0.4, 0.5) is 11.4 Å². The third kappa shape index (κ3) is 3.85. The van der Waals surface area contributed by atoms with Crippen LogP contribution >= 0.6 is 0 Å². The van der Waals surface area contributed by atoms with Crippen LogP contribution in [0.5, 0.6) is 5.75 Å². The molecule has 0 saturated heterocycles. The molecule has 5 rings (SSSR count). The van der Waals surface area contributed by atoms with Gasteiger partial charge in [-0.05, 0) is 48.1 Å². The van der Waals surface area contributed by atoms with E-state index in [1.807, 2.05) is 18.2 Å². The Hall–Kier alpha value is -3.41. The van der Waals surface area contributed by atoms with Crippen molar-refractivity contribution in [1.82, 2.24) is 4.98 Å². The van der Waals surface area contributed by atoms with E-state index in [9.17, 15) is 9.59 Å². The van der Waals surface area contributed by atoms with Crippen molar-refractivity contribution < 1.29 is 19.4 Å². The smallest absolute Gasteiger partial charge is 0.307 e. The minimum atomic E-state index is -0.930. The molecule has 3 aromatic rings. The van der Waals surface area contributed by atoms with E-state index in [2.05, 4.69) is 40.2 Å². The predicted octanol–water partition coefficient (Wildman–Crippen LogP) is 4.69. The van der Waals surface area contributed by atoms with Gasteiger partial charge in [0.2, 0.25) is 0 Å². The van der Waals surface area contributed by atoms with E-state index in [0.717, 1.165) is 17.9 Å². The molecule has 0 radical (unpaired) electrons. The SMILES string of the molecule is COc1cc(N(CC2CC2)c2ccc3ccccc3c2)cnc1C(=O)C1CC1C(=O)O. The molecule has 2 aliphatic carbocycles. The van der Waals surface area contributed by atoms with Crippen LogP contribution in [0.1, 0.15) is 29.8 Å². The maximum Gasteiger partial charge on any atom is 0.307 e. The summed E-state index contributed by atoms with van der Waals surface area (Å²) in [5.74, 6) is -1.27. The Labute approximate surface area is 180 Å². The Kier molecular flexibility index (Phi) is 4.85. The highest BCUT2D eigenvalue weighted by Gasteiger charge is 2.49. The van der Waals surface area contributed by atoms with E-state index in [-0.39, 0.29) is 11.5 Å². The van der Waals surface area contributed by atoms with Gasteiger partial charge < -0.3 is 14.7 Å². The highest BCUT2D eigenvalue weighted by atomic mass is 16.5. The average molecular weight is 416 g/mol. The second kappa shape index (κ2) is 7.69. The summed E-state index contributed by atoms with van der Waals surface area (Å²) in [6, 6.07) is 16.5. The second-order valence-corrected chi connectivity index (χ2v) is 8.48. The molecule has 0 aliphatic heterocycles. The Morgan fingerprint density at radius 3 is 2.52 bits per heavy atom. The quantitative estimate of drug-likeness (QED) is 0.537. The van der Waals surface area contributed by atoms with Crippen LogP contribution in [-0.2, 0) is 4.79 Å². The molecule has 0 bridgehead atoms. The number of anilines is 2. The lowest BCUT2D eigenvalue weighted by Crippen LogP contribution is -2.21. The van der Waals surface area contributed by atoms with Crippen LogP contribution in [0.15, 0.2) is 54.7 Å². The van der Waals surface area contributed by atoms with Crippen molar-refractivity contribution in [2.75, 3.05) is 18.6 Å². The number of Topliss-reactive ketones (excluding diaryl/α,β-unsaturated/α-hetero) is 1. The molecule has 6 nitrogen and oxygen atoms in total. The van der Waals surface area contributed by atoms with Gasteiger partial charge in [-0.3, -0.25) is 9.59 Å². The van der Waals surface area contributed by atoms with Gasteiger partial charge in [-0.25, -0.2) is 4.98 Å². The van der Waals surface area contributed by atoms with Crippen LogP contribution in [0.25, 0.3) is 10.8 Å². The Morgan fingerprint density at radius 2 is 1.84 bits per heavy atom.